The van der Waals surface area contributed by atoms with E-state index in [1.165, 1.54) is 0 Å². The SMILES string of the molecule is NC(=O)COc1ccc(C(=O)NC2CC(O)C2)cc1. The van der Waals surface area contributed by atoms with Gasteiger partial charge in [0, 0.05) is 11.6 Å². The molecule has 1 aliphatic carbocycles. The molecule has 1 aliphatic rings. The van der Waals surface area contributed by atoms with Crippen molar-refractivity contribution in [2.75, 3.05) is 6.61 Å². The van der Waals surface area contributed by atoms with E-state index in [0.29, 0.717) is 24.2 Å². The molecule has 0 radical (unpaired) electrons. The molecule has 0 atom stereocenters. The smallest absolute Gasteiger partial charge is 0.255 e. The fraction of sp³-hybridized carbons (Fsp3) is 0.385. The summed E-state index contributed by atoms with van der Waals surface area (Å²) in [5.74, 6) is -0.252. The van der Waals surface area contributed by atoms with Crippen molar-refractivity contribution in [3.05, 3.63) is 29.8 Å². The van der Waals surface area contributed by atoms with Crippen LogP contribution in [0, 0.1) is 0 Å². The Balaban J connectivity index is 1.86. The molecule has 0 aromatic heterocycles. The predicted octanol–water partition coefficient (Wildman–Crippen LogP) is -0.196. The zero-order valence-electron chi connectivity index (χ0n) is 10.3. The first kappa shape index (κ1) is 13.4. The Morgan fingerprint density at radius 2 is 1.95 bits per heavy atom. The number of hydrogen-bond donors (Lipinski definition) is 3. The lowest BCUT2D eigenvalue weighted by Gasteiger charge is -2.31. The second-order valence-electron chi connectivity index (χ2n) is 4.57. The second-order valence-corrected chi connectivity index (χ2v) is 4.57. The Labute approximate surface area is 110 Å². The highest BCUT2D eigenvalue weighted by Gasteiger charge is 2.28. The third-order valence-corrected chi connectivity index (χ3v) is 2.95. The Morgan fingerprint density at radius 1 is 1.32 bits per heavy atom. The average Bonchev–Trinajstić information content (AvgIpc) is 2.35. The van der Waals surface area contributed by atoms with E-state index in [9.17, 15) is 9.59 Å². The van der Waals surface area contributed by atoms with Crippen molar-refractivity contribution in [1.82, 2.24) is 5.32 Å². The molecule has 2 amide bonds. The predicted molar refractivity (Wildman–Crippen MR) is 67.6 cm³/mol. The number of aliphatic hydroxyl groups is 1. The van der Waals surface area contributed by atoms with Crippen molar-refractivity contribution in [2.24, 2.45) is 5.73 Å². The van der Waals surface area contributed by atoms with Crippen LogP contribution in [0.1, 0.15) is 23.2 Å². The third kappa shape index (κ3) is 3.69. The number of nitrogens with two attached hydrogens (primary N) is 1. The van der Waals surface area contributed by atoms with Gasteiger partial charge in [-0.15, -0.1) is 0 Å². The van der Waals surface area contributed by atoms with Gasteiger partial charge in [0.15, 0.2) is 6.61 Å². The van der Waals surface area contributed by atoms with Gasteiger partial charge < -0.3 is 20.9 Å². The number of rotatable bonds is 5. The van der Waals surface area contributed by atoms with Crippen LogP contribution in [0.25, 0.3) is 0 Å². The van der Waals surface area contributed by atoms with Crippen LogP contribution in [0.5, 0.6) is 5.75 Å². The van der Waals surface area contributed by atoms with Gasteiger partial charge in [0.1, 0.15) is 5.75 Å². The summed E-state index contributed by atoms with van der Waals surface area (Å²) in [7, 11) is 0. The van der Waals surface area contributed by atoms with Crippen molar-refractivity contribution in [2.45, 2.75) is 25.0 Å². The Morgan fingerprint density at radius 3 is 2.47 bits per heavy atom. The zero-order chi connectivity index (χ0) is 13.8. The van der Waals surface area contributed by atoms with Crippen molar-refractivity contribution < 1.29 is 19.4 Å². The summed E-state index contributed by atoms with van der Waals surface area (Å²) in [5.41, 5.74) is 5.46. The van der Waals surface area contributed by atoms with Gasteiger partial charge in [-0.25, -0.2) is 0 Å². The summed E-state index contributed by atoms with van der Waals surface area (Å²) in [6, 6.07) is 6.48. The van der Waals surface area contributed by atoms with Crippen molar-refractivity contribution in [1.29, 1.82) is 0 Å². The van der Waals surface area contributed by atoms with Crippen LogP contribution in [0.4, 0.5) is 0 Å². The highest BCUT2D eigenvalue weighted by molar-refractivity contribution is 5.94. The van der Waals surface area contributed by atoms with Crippen LogP contribution in [0.15, 0.2) is 24.3 Å². The van der Waals surface area contributed by atoms with E-state index >= 15 is 0 Å². The van der Waals surface area contributed by atoms with E-state index in [1.54, 1.807) is 24.3 Å². The minimum atomic E-state index is -0.551. The van der Waals surface area contributed by atoms with Gasteiger partial charge in [0.2, 0.25) is 0 Å². The summed E-state index contributed by atoms with van der Waals surface area (Å²) >= 11 is 0. The molecular formula is C13H16N2O4. The summed E-state index contributed by atoms with van der Waals surface area (Å²) < 4.78 is 5.09. The number of ether oxygens (including phenoxy) is 1. The normalized spacial score (nSPS) is 21.3. The molecular weight excluding hydrogens is 248 g/mol. The average molecular weight is 264 g/mol. The first-order valence-electron chi connectivity index (χ1n) is 6.04. The van der Waals surface area contributed by atoms with Crippen LogP contribution >= 0.6 is 0 Å². The highest BCUT2D eigenvalue weighted by atomic mass is 16.5. The van der Waals surface area contributed by atoms with Crippen LogP contribution < -0.4 is 15.8 Å². The lowest BCUT2D eigenvalue weighted by molar-refractivity contribution is -0.119. The lowest BCUT2D eigenvalue weighted by atomic mass is 9.89. The van der Waals surface area contributed by atoms with Crippen LogP contribution in [-0.2, 0) is 4.79 Å². The maximum Gasteiger partial charge on any atom is 0.255 e. The fourth-order valence-corrected chi connectivity index (χ4v) is 1.83. The Bertz CT molecular complexity index is 466. The van der Waals surface area contributed by atoms with Crippen LogP contribution in [-0.4, -0.2) is 35.7 Å². The summed E-state index contributed by atoms with van der Waals surface area (Å²) in [6.45, 7) is -0.189. The van der Waals surface area contributed by atoms with Gasteiger partial charge >= 0.3 is 0 Å². The number of nitrogens with one attached hydrogen (secondary N) is 1. The number of aliphatic hydroxyl groups excluding tert-OH is 1. The molecule has 1 aromatic carbocycles. The van der Waals surface area contributed by atoms with E-state index in [-0.39, 0.29) is 24.7 Å². The number of primary amides is 1. The van der Waals surface area contributed by atoms with Gasteiger partial charge in [0.25, 0.3) is 11.8 Å². The van der Waals surface area contributed by atoms with Crippen LogP contribution in [0.3, 0.4) is 0 Å². The molecule has 1 aromatic rings. The molecule has 1 saturated carbocycles. The summed E-state index contributed by atoms with van der Waals surface area (Å²) in [6.07, 6.45) is 0.909. The highest BCUT2D eigenvalue weighted by Crippen LogP contribution is 2.20. The molecule has 6 heteroatoms. The molecule has 6 nitrogen and oxygen atoms in total. The van der Waals surface area contributed by atoms with Crippen molar-refractivity contribution in [3.8, 4) is 5.75 Å². The minimum absolute atomic E-state index is 0.0493. The fourth-order valence-electron chi connectivity index (χ4n) is 1.83. The van der Waals surface area contributed by atoms with Crippen molar-refractivity contribution >= 4 is 11.8 Å². The second kappa shape index (κ2) is 5.71. The molecule has 0 spiro atoms. The van der Waals surface area contributed by atoms with E-state index in [4.69, 9.17) is 15.6 Å². The molecule has 0 heterocycles. The summed E-state index contributed by atoms with van der Waals surface area (Å²) in [4.78, 5) is 22.4. The van der Waals surface area contributed by atoms with E-state index in [0.717, 1.165) is 0 Å². The van der Waals surface area contributed by atoms with E-state index in [2.05, 4.69) is 5.32 Å². The van der Waals surface area contributed by atoms with Gasteiger partial charge in [0.05, 0.1) is 6.10 Å². The van der Waals surface area contributed by atoms with Crippen LogP contribution in [0.2, 0.25) is 0 Å². The molecule has 0 unspecified atom stereocenters. The van der Waals surface area contributed by atoms with E-state index in [1.807, 2.05) is 0 Å². The van der Waals surface area contributed by atoms with Crippen molar-refractivity contribution in [3.63, 3.8) is 0 Å². The molecule has 19 heavy (non-hydrogen) atoms. The molecule has 0 bridgehead atoms. The maximum absolute atomic E-state index is 11.8. The van der Waals surface area contributed by atoms with Gasteiger partial charge in [-0.2, -0.15) is 0 Å². The standard InChI is InChI=1S/C13H16N2O4/c14-12(17)7-19-11-3-1-8(2-4-11)13(18)15-9-5-10(16)6-9/h1-4,9-10,16H,5-7H2,(H2,14,17)(H,15,18). The molecule has 4 N–H and O–H groups in total. The van der Waals surface area contributed by atoms with E-state index < -0.39 is 5.91 Å². The number of amides is 2. The minimum Gasteiger partial charge on any atom is -0.484 e. The quantitative estimate of drug-likeness (QED) is 0.685. The largest absolute Gasteiger partial charge is 0.484 e. The molecule has 0 aliphatic heterocycles. The first-order chi connectivity index (χ1) is 9.04. The first-order valence-corrected chi connectivity index (χ1v) is 6.04. The molecule has 102 valence electrons. The zero-order valence-corrected chi connectivity index (χ0v) is 10.3. The number of benzene rings is 1. The van der Waals surface area contributed by atoms with Gasteiger partial charge in [-0.05, 0) is 37.1 Å². The Kier molecular flexibility index (Phi) is 4.01. The monoisotopic (exact) mass is 264 g/mol. The number of carbonyl (C=O) groups excluding carboxylic acids is 2. The number of hydrogen-bond acceptors (Lipinski definition) is 4. The maximum atomic E-state index is 11.8. The number of carbonyl (C=O) groups is 2. The summed E-state index contributed by atoms with van der Waals surface area (Å²) in [5, 5.41) is 12.0. The van der Waals surface area contributed by atoms with Gasteiger partial charge in [-0.1, -0.05) is 0 Å². The molecule has 0 saturated heterocycles. The Hall–Kier alpha value is -2.08. The lowest BCUT2D eigenvalue weighted by Crippen LogP contribution is -2.46. The molecule has 2 rings (SSSR count). The molecule has 1 fully saturated rings. The third-order valence-electron chi connectivity index (χ3n) is 2.95. The van der Waals surface area contributed by atoms with Gasteiger partial charge in [-0.3, -0.25) is 9.59 Å². The topological polar surface area (TPSA) is 102 Å².